The van der Waals surface area contributed by atoms with Gasteiger partial charge in [-0.2, -0.15) is 0 Å². The average Bonchev–Trinajstić information content (AvgIpc) is 2.63. The Morgan fingerprint density at radius 3 is 1.92 bits per heavy atom. The second-order valence-electron chi connectivity index (χ2n) is 6.60. The van der Waals surface area contributed by atoms with Crippen LogP contribution >= 0.6 is 0 Å². The molecule has 0 amide bonds. The number of aliphatic hydroxyl groups is 3. The number of aliphatic hydroxyl groups excluding tert-OH is 3. The minimum absolute atomic E-state index is 0.0556. The van der Waals surface area contributed by atoms with Crippen LogP contribution in [0, 0.1) is 12.8 Å². The number of aryl methyl sites for hydroxylation is 1. The largest absolute Gasteiger partial charge is 0.469 e. The molecule has 1 unspecified atom stereocenters. The van der Waals surface area contributed by atoms with Crippen molar-refractivity contribution in [2.45, 2.75) is 33.7 Å². The molecule has 1 atom stereocenters. The quantitative estimate of drug-likeness (QED) is 0.429. The molecule has 1 aromatic rings. The zero-order chi connectivity index (χ0) is 20.0. The Labute approximate surface area is 157 Å². The first-order valence-electron chi connectivity index (χ1n) is 9.19. The van der Waals surface area contributed by atoms with Crippen molar-refractivity contribution in [3.05, 3.63) is 35.4 Å². The molecule has 0 saturated heterocycles. The molecule has 150 valence electrons. The highest BCUT2D eigenvalue weighted by molar-refractivity contribution is 5.71. The van der Waals surface area contributed by atoms with Crippen LogP contribution in [-0.4, -0.2) is 72.3 Å². The molecule has 0 saturated carbocycles. The van der Waals surface area contributed by atoms with E-state index in [9.17, 15) is 20.1 Å². The molecule has 0 radical (unpaired) electrons. The van der Waals surface area contributed by atoms with Crippen LogP contribution < -0.4 is 0 Å². The summed E-state index contributed by atoms with van der Waals surface area (Å²) in [5.41, 5.74) is 2.40. The molecule has 0 bridgehead atoms. The maximum atomic E-state index is 10.5. The van der Waals surface area contributed by atoms with Crippen molar-refractivity contribution in [1.29, 1.82) is 0 Å². The van der Waals surface area contributed by atoms with Crippen molar-refractivity contribution in [2.24, 2.45) is 5.92 Å². The highest BCUT2D eigenvalue weighted by Crippen LogP contribution is 2.17. The molecule has 26 heavy (non-hydrogen) atoms. The van der Waals surface area contributed by atoms with Gasteiger partial charge in [0.2, 0.25) is 0 Å². The highest BCUT2D eigenvalue weighted by atomic mass is 16.5. The highest BCUT2D eigenvalue weighted by Gasteiger charge is 2.26. The summed E-state index contributed by atoms with van der Waals surface area (Å²) in [5.74, 6) is -0.0625. The van der Waals surface area contributed by atoms with E-state index in [4.69, 9.17) is 0 Å². The number of esters is 1. The van der Waals surface area contributed by atoms with E-state index < -0.39 is 0 Å². The minimum atomic E-state index is -0.118. The SMILES string of the molecule is CCC(C)C(=O)OC.Cc1ccccc1C[N+](CCO)(CCO)CCO. The van der Waals surface area contributed by atoms with Crippen LogP contribution in [0.2, 0.25) is 0 Å². The van der Waals surface area contributed by atoms with Crippen LogP contribution in [-0.2, 0) is 16.1 Å². The monoisotopic (exact) mass is 370 g/mol. The number of quaternary nitrogens is 1. The van der Waals surface area contributed by atoms with Gasteiger partial charge in [0.15, 0.2) is 0 Å². The van der Waals surface area contributed by atoms with Crippen LogP contribution in [0.3, 0.4) is 0 Å². The number of benzene rings is 1. The van der Waals surface area contributed by atoms with Crippen molar-refractivity contribution in [2.75, 3.05) is 46.6 Å². The van der Waals surface area contributed by atoms with Gasteiger partial charge in [0, 0.05) is 5.56 Å². The number of methoxy groups -OCH3 is 1. The third kappa shape index (κ3) is 8.76. The van der Waals surface area contributed by atoms with Crippen LogP contribution in [0.25, 0.3) is 0 Å². The van der Waals surface area contributed by atoms with Crippen molar-refractivity contribution >= 4 is 5.97 Å². The van der Waals surface area contributed by atoms with Gasteiger partial charge in [-0.3, -0.25) is 4.79 Å². The Bertz CT molecular complexity index is 490. The number of hydrogen-bond acceptors (Lipinski definition) is 5. The fourth-order valence-corrected chi connectivity index (χ4v) is 2.73. The number of nitrogens with zero attached hydrogens (tertiary/aromatic N) is 1. The van der Waals surface area contributed by atoms with Crippen LogP contribution in [0.5, 0.6) is 0 Å². The summed E-state index contributed by atoms with van der Waals surface area (Å²) in [7, 11) is 1.41. The Kier molecular flexibility index (Phi) is 12.9. The maximum Gasteiger partial charge on any atom is 0.308 e. The van der Waals surface area contributed by atoms with Gasteiger partial charge < -0.3 is 24.5 Å². The van der Waals surface area contributed by atoms with Crippen molar-refractivity contribution in [3.8, 4) is 0 Å². The van der Waals surface area contributed by atoms with E-state index >= 15 is 0 Å². The lowest BCUT2D eigenvalue weighted by Crippen LogP contribution is -2.52. The first kappa shape index (κ1) is 24.5. The molecule has 0 heterocycles. The molecular weight excluding hydrogens is 334 g/mol. The molecule has 0 aliphatic carbocycles. The van der Waals surface area contributed by atoms with Gasteiger partial charge in [-0.05, 0) is 18.9 Å². The molecule has 3 N–H and O–H groups in total. The summed E-state index contributed by atoms with van der Waals surface area (Å²) in [5, 5.41) is 27.7. The normalized spacial score (nSPS) is 12.1. The van der Waals surface area contributed by atoms with E-state index in [2.05, 4.69) is 23.8 Å². The van der Waals surface area contributed by atoms with Gasteiger partial charge in [-0.25, -0.2) is 0 Å². The lowest BCUT2D eigenvalue weighted by Gasteiger charge is -2.37. The topological polar surface area (TPSA) is 87.0 Å². The van der Waals surface area contributed by atoms with E-state index in [0.717, 1.165) is 13.0 Å². The van der Waals surface area contributed by atoms with Crippen LogP contribution in [0.1, 0.15) is 31.4 Å². The number of ether oxygens (including phenoxy) is 1. The Balaban J connectivity index is 0.000000660. The average molecular weight is 371 g/mol. The number of carbonyl (C=O) groups is 1. The maximum absolute atomic E-state index is 10.5. The molecule has 0 fully saturated rings. The van der Waals surface area contributed by atoms with E-state index in [1.54, 1.807) is 0 Å². The van der Waals surface area contributed by atoms with Gasteiger partial charge in [-0.1, -0.05) is 38.1 Å². The summed E-state index contributed by atoms with van der Waals surface area (Å²) >= 11 is 0. The molecule has 0 aromatic heterocycles. The molecular formula is C20H36NO5+. The van der Waals surface area contributed by atoms with E-state index in [-0.39, 0.29) is 31.7 Å². The molecule has 0 aliphatic heterocycles. The second kappa shape index (κ2) is 13.7. The van der Waals surface area contributed by atoms with Crippen molar-refractivity contribution in [3.63, 3.8) is 0 Å². The fourth-order valence-electron chi connectivity index (χ4n) is 2.73. The van der Waals surface area contributed by atoms with Crippen LogP contribution in [0.4, 0.5) is 0 Å². The number of hydrogen-bond donors (Lipinski definition) is 3. The predicted molar refractivity (Wildman–Crippen MR) is 102 cm³/mol. The molecule has 1 aromatic carbocycles. The Morgan fingerprint density at radius 1 is 1.08 bits per heavy atom. The van der Waals surface area contributed by atoms with Crippen molar-refractivity contribution < 1.29 is 29.3 Å². The first-order chi connectivity index (χ1) is 12.4. The van der Waals surface area contributed by atoms with Gasteiger partial charge in [0.25, 0.3) is 0 Å². The Morgan fingerprint density at radius 2 is 1.58 bits per heavy atom. The predicted octanol–water partition coefficient (Wildman–Crippen LogP) is 1.49. The van der Waals surface area contributed by atoms with E-state index in [0.29, 0.717) is 24.1 Å². The summed E-state index contributed by atoms with van der Waals surface area (Å²) in [6.45, 7) is 8.44. The molecule has 6 heteroatoms. The smallest absolute Gasteiger partial charge is 0.308 e. The van der Waals surface area contributed by atoms with E-state index in [1.807, 2.05) is 26.0 Å². The fraction of sp³-hybridized carbons (Fsp3) is 0.650. The molecule has 1 rings (SSSR count). The lowest BCUT2D eigenvalue weighted by molar-refractivity contribution is -0.941. The standard InChI is InChI=1S/C14H24NO3.C6H12O2/c1-13-4-2-3-5-14(13)12-15(6-9-16,7-10-17)8-11-18;1-4-5(2)6(7)8-3/h2-5,16-18H,6-12H2,1H3;5H,4H2,1-3H3/q+1;. The third-order valence-corrected chi connectivity index (χ3v) is 4.71. The summed E-state index contributed by atoms with van der Waals surface area (Å²) in [4.78, 5) is 10.5. The zero-order valence-corrected chi connectivity index (χ0v) is 16.6. The molecule has 6 nitrogen and oxygen atoms in total. The second-order valence-corrected chi connectivity index (χ2v) is 6.60. The van der Waals surface area contributed by atoms with Gasteiger partial charge in [0.1, 0.15) is 26.2 Å². The molecule has 0 aliphatic rings. The number of rotatable bonds is 10. The Hall–Kier alpha value is -1.47. The summed E-state index contributed by atoms with van der Waals surface area (Å²) < 4.78 is 4.99. The van der Waals surface area contributed by atoms with Gasteiger partial charge >= 0.3 is 5.97 Å². The van der Waals surface area contributed by atoms with E-state index in [1.165, 1.54) is 18.2 Å². The van der Waals surface area contributed by atoms with Gasteiger partial charge in [0.05, 0.1) is 32.8 Å². The van der Waals surface area contributed by atoms with Gasteiger partial charge in [-0.15, -0.1) is 0 Å². The summed E-state index contributed by atoms with van der Waals surface area (Å²) in [6.07, 6.45) is 0.854. The lowest BCUT2D eigenvalue weighted by atomic mass is 10.1. The number of carbonyl (C=O) groups excluding carboxylic acids is 1. The third-order valence-electron chi connectivity index (χ3n) is 4.71. The van der Waals surface area contributed by atoms with Crippen LogP contribution in [0.15, 0.2) is 24.3 Å². The van der Waals surface area contributed by atoms with Crippen molar-refractivity contribution in [1.82, 2.24) is 0 Å². The first-order valence-corrected chi connectivity index (χ1v) is 9.19. The minimum Gasteiger partial charge on any atom is -0.469 e. The zero-order valence-electron chi connectivity index (χ0n) is 16.6. The summed E-state index contributed by atoms with van der Waals surface area (Å²) in [6, 6.07) is 8.11. The molecule has 0 spiro atoms.